The van der Waals surface area contributed by atoms with Crippen molar-refractivity contribution in [2.24, 2.45) is 5.41 Å². The van der Waals surface area contributed by atoms with Crippen molar-refractivity contribution in [3.05, 3.63) is 0 Å². The molecule has 164 valence electrons. The van der Waals surface area contributed by atoms with E-state index < -0.39 is 29.4 Å². The maximum absolute atomic E-state index is 11.8. The van der Waals surface area contributed by atoms with Crippen LogP contribution < -0.4 is 15.7 Å². The van der Waals surface area contributed by atoms with Gasteiger partial charge in [-0.2, -0.15) is 11.8 Å². The molecule has 0 saturated carbocycles. The van der Waals surface area contributed by atoms with E-state index in [1.54, 1.807) is 13.8 Å². The Morgan fingerprint density at radius 2 is 2.00 bits per heavy atom. The van der Waals surface area contributed by atoms with Gasteiger partial charge in [-0.3, -0.25) is 14.4 Å². The highest BCUT2D eigenvalue weighted by atomic mass is 32.2. The van der Waals surface area contributed by atoms with Gasteiger partial charge >= 0.3 is 0 Å². The third-order valence-corrected chi connectivity index (χ3v) is 6.61. The minimum atomic E-state index is -1.38. The molecule has 0 radical (unpaired) electrons. The Kier molecular flexibility index (Phi) is 7.89. The first-order valence-corrected chi connectivity index (χ1v) is 10.6. The minimum absolute atomic E-state index is 0.0211. The third-order valence-electron chi connectivity index (χ3n) is 5.29. The number of nitrogens with one attached hydrogen (secondary N) is 2. The average molecular weight is 431 g/mol. The Morgan fingerprint density at radius 3 is 2.59 bits per heavy atom. The van der Waals surface area contributed by atoms with E-state index in [4.69, 9.17) is 5.11 Å². The van der Waals surface area contributed by atoms with E-state index in [-0.39, 0.29) is 42.7 Å². The fraction of sp³-hybridized carbons (Fsp3) is 0.778. The second-order valence-corrected chi connectivity index (χ2v) is 9.36. The van der Waals surface area contributed by atoms with Crippen LogP contribution >= 0.6 is 11.8 Å². The number of carbonyl (C=O) groups excluding carboxylic acids is 4. The number of amides is 3. The van der Waals surface area contributed by atoms with E-state index in [1.165, 1.54) is 16.7 Å². The van der Waals surface area contributed by atoms with Crippen LogP contribution in [0.25, 0.3) is 0 Å². The number of β-lactam (4-membered cyclic amide) rings is 1. The van der Waals surface area contributed by atoms with Crippen molar-refractivity contribution < 1.29 is 34.5 Å². The summed E-state index contributed by atoms with van der Waals surface area (Å²) in [6.45, 7) is 3.12. The summed E-state index contributed by atoms with van der Waals surface area (Å²) in [5.74, 6) is -1.85. The van der Waals surface area contributed by atoms with Crippen LogP contribution in [0.2, 0.25) is 0 Å². The summed E-state index contributed by atoms with van der Waals surface area (Å²) < 4.78 is 0. The van der Waals surface area contributed by atoms with E-state index in [0.717, 1.165) is 0 Å². The molecule has 2 fully saturated rings. The van der Waals surface area contributed by atoms with Crippen LogP contribution in [0, 0.1) is 5.41 Å². The second-order valence-electron chi connectivity index (χ2n) is 8.01. The van der Waals surface area contributed by atoms with E-state index in [0.29, 0.717) is 25.1 Å². The molecule has 2 rings (SSSR count). The van der Waals surface area contributed by atoms with Crippen LogP contribution in [0.5, 0.6) is 0 Å². The van der Waals surface area contributed by atoms with E-state index >= 15 is 0 Å². The lowest BCUT2D eigenvalue weighted by Gasteiger charge is -2.39. The van der Waals surface area contributed by atoms with Gasteiger partial charge in [0.1, 0.15) is 6.10 Å². The van der Waals surface area contributed by atoms with E-state index in [9.17, 15) is 29.4 Å². The first-order valence-electron chi connectivity index (χ1n) is 9.55. The quantitative estimate of drug-likeness (QED) is 0.202. The summed E-state index contributed by atoms with van der Waals surface area (Å²) in [6.07, 6.45) is -0.361. The number of rotatable bonds is 11. The summed E-state index contributed by atoms with van der Waals surface area (Å²) in [7, 11) is 0. The zero-order valence-corrected chi connectivity index (χ0v) is 17.4. The molecule has 0 aromatic heterocycles. The maximum Gasteiger partial charge on any atom is 0.249 e. The molecule has 0 unspecified atom stereocenters. The molecule has 2 heterocycles. The summed E-state index contributed by atoms with van der Waals surface area (Å²) in [4.78, 5) is 47.9. The zero-order chi connectivity index (χ0) is 21.8. The molecule has 0 spiro atoms. The molecule has 10 nitrogen and oxygen atoms in total. The molecule has 4 atom stereocenters. The van der Waals surface area contributed by atoms with Crippen molar-refractivity contribution in [1.82, 2.24) is 15.5 Å². The van der Waals surface area contributed by atoms with Gasteiger partial charge in [-0.15, -0.1) is 0 Å². The Balaban J connectivity index is 1.62. The smallest absolute Gasteiger partial charge is 0.249 e. The molecule has 0 aromatic rings. The van der Waals surface area contributed by atoms with Gasteiger partial charge in [0.2, 0.25) is 17.7 Å². The van der Waals surface area contributed by atoms with Crippen LogP contribution in [-0.4, -0.2) is 87.7 Å². The normalized spacial score (nSPS) is 24.5. The van der Waals surface area contributed by atoms with Crippen LogP contribution in [0.4, 0.5) is 0 Å². The summed E-state index contributed by atoms with van der Waals surface area (Å²) in [6, 6.07) is -0.931. The fourth-order valence-corrected chi connectivity index (χ4v) is 4.71. The predicted molar refractivity (Wildman–Crippen MR) is 102 cm³/mol. The predicted octanol–water partition coefficient (Wildman–Crippen LogP) is -2.79. The van der Waals surface area contributed by atoms with Crippen molar-refractivity contribution in [3.63, 3.8) is 0 Å². The van der Waals surface area contributed by atoms with Gasteiger partial charge in [-0.25, -0.2) is 0 Å². The number of aliphatic hydroxyl groups is 2. The lowest BCUT2D eigenvalue weighted by molar-refractivity contribution is -0.311. The number of hydrogen-bond donors (Lipinski definition) is 4. The number of carboxylic acid groups (broad SMARTS) is 1. The number of hydrogen-bond acceptors (Lipinski definition) is 8. The van der Waals surface area contributed by atoms with Crippen molar-refractivity contribution in [2.45, 2.75) is 56.5 Å². The standard InChI is InChI=1S/C18H29N3O7S/c1-18(2,9-22)15(25)16(26)20-4-3-12(23)19-5-6-29-11-7-10-8-13(24)21(10)14(11)17(27)28/h10-11,14-15,22,25H,3-9H2,1-2H3,(H,19,23)(H,20,26)(H,27,28)/p-1/t10-,11+,14-,15-/m0/s1. The third kappa shape index (κ3) is 5.61. The molecule has 2 aliphatic heterocycles. The van der Waals surface area contributed by atoms with Gasteiger partial charge in [0.15, 0.2) is 0 Å². The van der Waals surface area contributed by atoms with Gasteiger partial charge in [0, 0.05) is 48.4 Å². The first-order chi connectivity index (χ1) is 13.6. The number of carboxylic acids is 1. The molecule has 0 aromatic carbocycles. The number of aliphatic carboxylic acids is 1. The lowest BCUT2D eigenvalue weighted by atomic mass is 9.87. The average Bonchev–Trinajstić information content (AvgIpc) is 2.96. The Hall–Kier alpha value is -1.85. The highest BCUT2D eigenvalue weighted by molar-refractivity contribution is 8.00. The van der Waals surface area contributed by atoms with Crippen molar-refractivity contribution in [2.75, 3.05) is 25.4 Å². The number of thioether (sulfide) groups is 1. The molecule has 2 saturated heterocycles. The molecule has 11 heteroatoms. The Morgan fingerprint density at radius 1 is 1.31 bits per heavy atom. The van der Waals surface area contributed by atoms with Gasteiger partial charge in [0.05, 0.1) is 18.6 Å². The van der Waals surface area contributed by atoms with Crippen LogP contribution in [0.15, 0.2) is 0 Å². The molecular weight excluding hydrogens is 402 g/mol. The number of fused-ring (bicyclic) bond motifs is 1. The number of aliphatic hydroxyl groups excluding tert-OH is 2. The molecule has 29 heavy (non-hydrogen) atoms. The minimum Gasteiger partial charge on any atom is -0.548 e. The zero-order valence-electron chi connectivity index (χ0n) is 16.6. The molecule has 2 aliphatic rings. The SMILES string of the molecule is CC(C)(CO)[C@@H](O)C(=O)NCCC(=O)NCCS[C@@H]1C[C@H]2CC(=O)N2[C@@H]1C(=O)[O-]. The Labute approximate surface area is 173 Å². The molecule has 3 amide bonds. The van der Waals surface area contributed by atoms with Crippen molar-refractivity contribution >= 4 is 35.5 Å². The highest BCUT2D eigenvalue weighted by Gasteiger charge is 2.51. The maximum atomic E-state index is 11.8. The molecular formula is C18H28N3O7S-. The molecule has 4 N–H and O–H groups in total. The second kappa shape index (κ2) is 9.77. The molecule has 0 bridgehead atoms. The topological polar surface area (TPSA) is 159 Å². The lowest BCUT2D eigenvalue weighted by Crippen LogP contribution is -2.58. The summed E-state index contributed by atoms with van der Waals surface area (Å²) >= 11 is 1.39. The van der Waals surface area contributed by atoms with Gasteiger partial charge in [-0.1, -0.05) is 13.8 Å². The van der Waals surface area contributed by atoms with Gasteiger partial charge in [-0.05, 0) is 6.42 Å². The fourth-order valence-electron chi connectivity index (χ4n) is 3.40. The van der Waals surface area contributed by atoms with E-state index in [1.807, 2.05) is 0 Å². The van der Waals surface area contributed by atoms with Crippen LogP contribution in [-0.2, 0) is 19.2 Å². The largest absolute Gasteiger partial charge is 0.548 e. The Bertz CT molecular complexity index is 657. The van der Waals surface area contributed by atoms with Crippen molar-refractivity contribution in [1.29, 1.82) is 0 Å². The van der Waals surface area contributed by atoms with Gasteiger partial charge in [0.25, 0.3) is 0 Å². The summed E-state index contributed by atoms with van der Waals surface area (Å²) in [5, 5.41) is 35.2. The molecule has 0 aliphatic carbocycles. The summed E-state index contributed by atoms with van der Waals surface area (Å²) in [5.41, 5.74) is -0.978. The van der Waals surface area contributed by atoms with Gasteiger partial charge < -0.3 is 35.6 Å². The monoisotopic (exact) mass is 430 g/mol. The number of nitrogens with zero attached hydrogens (tertiary/aromatic N) is 1. The van der Waals surface area contributed by atoms with E-state index in [2.05, 4.69) is 10.6 Å². The van der Waals surface area contributed by atoms with Crippen molar-refractivity contribution in [3.8, 4) is 0 Å². The van der Waals surface area contributed by atoms with Crippen LogP contribution in [0.1, 0.15) is 33.1 Å². The van der Waals surface area contributed by atoms with Crippen LogP contribution in [0.3, 0.4) is 0 Å². The highest BCUT2D eigenvalue weighted by Crippen LogP contribution is 2.40. The first kappa shape index (κ1) is 23.4. The number of carbonyl (C=O) groups is 4.